The van der Waals surface area contributed by atoms with Crippen LogP contribution in [0.15, 0.2) is 35.1 Å². The molecule has 4 nitrogen and oxygen atoms in total. The molecule has 0 saturated carbocycles. The topological polar surface area (TPSA) is 52.0 Å². The highest BCUT2D eigenvalue weighted by Crippen LogP contribution is 2.05. The zero-order valence-electron chi connectivity index (χ0n) is 10.7. The molecular weight excluding hydrogens is 247 g/mol. The van der Waals surface area contributed by atoms with Crippen molar-refractivity contribution in [3.8, 4) is 0 Å². The van der Waals surface area contributed by atoms with E-state index in [0.717, 1.165) is 0 Å². The average Bonchev–Trinajstić information content (AvgIpc) is 2.34. The fourth-order valence-corrected chi connectivity index (χ4v) is 1.83. The summed E-state index contributed by atoms with van der Waals surface area (Å²) in [5.74, 6) is -0.168. The Morgan fingerprint density at radius 3 is 2.47 bits per heavy atom. The van der Waals surface area contributed by atoms with Crippen molar-refractivity contribution in [2.45, 2.75) is 20.4 Å². The van der Waals surface area contributed by atoms with Crippen LogP contribution in [0.1, 0.15) is 21.9 Å². The van der Waals surface area contributed by atoms with Gasteiger partial charge in [-0.05, 0) is 38.1 Å². The maximum Gasteiger partial charge on any atom is 0.254 e. The number of hydrogen-bond acceptors (Lipinski definition) is 3. The minimum Gasteiger partial charge on any atom is -0.292 e. The minimum absolute atomic E-state index is 0.0937. The Labute approximate surface area is 109 Å². The van der Waals surface area contributed by atoms with Crippen LogP contribution in [0.3, 0.4) is 0 Å². The molecule has 0 saturated heterocycles. The maximum atomic E-state index is 12.8. The smallest absolute Gasteiger partial charge is 0.254 e. The Hall–Kier alpha value is -2.30. The molecule has 0 aliphatic heterocycles. The van der Waals surface area contributed by atoms with E-state index in [4.69, 9.17) is 0 Å². The molecule has 2 rings (SSSR count). The van der Waals surface area contributed by atoms with Crippen molar-refractivity contribution in [2.24, 2.45) is 0 Å². The van der Waals surface area contributed by atoms with E-state index in [-0.39, 0.29) is 17.9 Å². The first-order valence-corrected chi connectivity index (χ1v) is 5.81. The van der Waals surface area contributed by atoms with Gasteiger partial charge >= 0.3 is 0 Å². The number of aromatic nitrogens is 2. The molecule has 2 aromatic rings. The molecule has 0 unspecified atom stereocenters. The molecule has 0 fully saturated rings. The van der Waals surface area contributed by atoms with E-state index in [2.05, 4.69) is 4.98 Å². The van der Waals surface area contributed by atoms with E-state index in [9.17, 15) is 14.0 Å². The van der Waals surface area contributed by atoms with E-state index >= 15 is 0 Å². The molecule has 1 aromatic carbocycles. The summed E-state index contributed by atoms with van der Waals surface area (Å²) in [6, 6.07) is 6.62. The first kappa shape index (κ1) is 13.1. The van der Waals surface area contributed by atoms with Crippen molar-refractivity contribution in [3.63, 3.8) is 0 Å². The minimum atomic E-state index is -0.401. The highest BCUT2D eigenvalue weighted by molar-refractivity contribution is 5.95. The van der Waals surface area contributed by atoms with Crippen molar-refractivity contribution in [1.82, 2.24) is 9.55 Å². The predicted molar refractivity (Wildman–Crippen MR) is 68.7 cm³/mol. The van der Waals surface area contributed by atoms with Gasteiger partial charge in [0, 0.05) is 17.3 Å². The molecule has 0 atom stereocenters. The molecule has 19 heavy (non-hydrogen) atoms. The lowest BCUT2D eigenvalue weighted by atomic mass is 10.1. The van der Waals surface area contributed by atoms with Crippen LogP contribution in [0.25, 0.3) is 0 Å². The van der Waals surface area contributed by atoms with Gasteiger partial charge in [0.15, 0.2) is 5.78 Å². The number of halogens is 1. The SMILES string of the molecule is Cc1cc(=O)n(CC(=O)c2ccc(F)cc2)c(C)n1. The van der Waals surface area contributed by atoms with E-state index < -0.39 is 5.82 Å². The number of hydrogen-bond donors (Lipinski definition) is 0. The summed E-state index contributed by atoms with van der Waals surface area (Å²) in [5.41, 5.74) is 0.724. The fraction of sp³-hybridized carbons (Fsp3) is 0.214. The molecule has 0 aliphatic carbocycles. The van der Waals surface area contributed by atoms with Crippen LogP contribution in [0.2, 0.25) is 0 Å². The summed E-state index contributed by atoms with van der Waals surface area (Å²) in [7, 11) is 0. The number of nitrogens with zero attached hydrogens (tertiary/aromatic N) is 2. The van der Waals surface area contributed by atoms with Gasteiger partial charge in [0.2, 0.25) is 0 Å². The van der Waals surface area contributed by atoms with Crippen LogP contribution >= 0.6 is 0 Å². The van der Waals surface area contributed by atoms with Gasteiger partial charge in [0.1, 0.15) is 11.6 Å². The van der Waals surface area contributed by atoms with Crippen LogP contribution < -0.4 is 5.56 Å². The Balaban J connectivity index is 2.29. The van der Waals surface area contributed by atoms with Crippen molar-refractivity contribution in [2.75, 3.05) is 0 Å². The third kappa shape index (κ3) is 2.93. The Morgan fingerprint density at radius 1 is 1.26 bits per heavy atom. The Morgan fingerprint density at radius 2 is 1.89 bits per heavy atom. The third-order valence-electron chi connectivity index (χ3n) is 2.80. The summed E-state index contributed by atoms with van der Waals surface area (Å²) >= 11 is 0. The molecular formula is C14H13FN2O2. The third-order valence-corrected chi connectivity index (χ3v) is 2.80. The van der Waals surface area contributed by atoms with E-state index in [1.54, 1.807) is 13.8 Å². The highest BCUT2D eigenvalue weighted by Gasteiger charge is 2.10. The quantitative estimate of drug-likeness (QED) is 0.792. The first-order chi connectivity index (χ1) is 8.97. The number of carbonyl (C=O) groups is 1. The molecule has 98 valence electrons. The fourth-order valence-electron chi connectivity index (χ4n) is 1.83. The summed E-state index contributed by atoms with van der Waals surface area (Å²) in [5, 5.41) is 0. The lowest BCUT2D eigenvalue weighted by molar-refractivity contribution is 0.0969. The van der Waals surface area contributed by atoms with Gasteiger partial charge in [0.25, 0.3) is 5.56 Å². The van der Waals surface area contributed by atoms with Crippen molar-refractivity contribution >= 4 is 5.78 Å². The average molecular weight is 260 g/mol. The Bertz CT molecular complexity index is 675. The van der Waals surface area contributed by atoms with Gasteiger partial charge < -0.3 is 0 Å². The molecule has 0 spiro atoms. The number of Topliss-reactive ketones (excluding diaryl/α,β-unsaturated/α-hetero) is 1. The lowest BCUT2D eigenvalue weighted by Crippen LogP contribution is -2.27. The van der Waals surface area contributed by atoms with Gasteiger partial charge in [0.05, 0.1) is 6.54 Å². The molecule has 0 bridgehead atoms. The van der Waals surface area contributed by atoms with Crippen LogP contribution in [-0.2, 0) is 6.54 Å². The van der Waals surface area contributed by atoms with Crippen LogP contribution in [0.4, 0.5) is 4.39 Å². The first-order valence-electron chi connectivity index (χ1n) is 5.81. The van der Waals surface area contributed by atoms with Crippen LogP contribution in [-0.4, -0.2) is 15.3 Å². The molecule has 0 N–H and O–H groups in total. The number of benzene rings is 1. The van der Waals surface area contributed by atoms with Crippen LogP contribution in [0, 0.1) is 19.7 Å². The molecule has 0 aliphatic rings. The monoisotopic (exact) mass is 260 g/mol. The number of carbonyl (C=O) groups excluding carboxylic acids is 1. The van der Waals surface area contributed by atoms with E-state index in [0.29, 0.717) is 17.1 Å². The zero-order chi connectivity index (χ0) is 14.0. The molecule has 5 heteroatoms. The number of ketones is 1. The van der Waals surface area contributed by atoms with Gasteiger partial charge in [-0.3, -0.25) is 14.2 Å². The number of rotatable bonds is 3. The summed E-state index contributed by atoms with van der Waals surface area (Å²) in [6.45, 7) is 3.30. The lowest BCUT2D eigenvalue weighted by Gasteiger charge is -2.08. The zero-order valence-corrected chi connectivity index (χ0v) is 10.7. The number of aryl methyl sites for hydroxylation is 2. The molecule has 1 heterocycles. The highest BCUT2D eigenvalue weighted by atomic mass is 19.1. The van der Waals surface area contributed by atoms with Gasteiger partial charge in [-0.15, -0.1) is 0 Å². The second-order valence-corrected chi connectivity index (χ2v) is 4.30. The second kappa shape index (κ2) is 5.14. The maximum absolute atomic E-state index is 12.8. The van der Waals surface area contributed by atoms with Crippen molar-refractivity contribution in [3.05, 3.63) is 63.6 Å². The largest absolute Gasteiger partial charge is 0.292 e. The van der Waals surface area contributed by atoms with Gasteiger partial charge in [-0.1, -0.05) is 0 Å². The summed E-state index contributed by atoms with van der Waals surface area (Å²) in [6.07, 6.45) is 0. The summed E-state index contributed by atoms with van der Waals surface area (Å²) < 4.78 is 14.1. The molecule has 0 amide bonds. The molecule has 0 radical (unpaired) electrons. The van der Waals surface area contributed by atoms with E-state index in [1.807, 2.05) is 0 Å². The predicted octanol–water partition coefficient (Wildman–Crippen LogP) is 1.88. The standard InChI is InChI=1S/C14H13FN2O2/c1-9-7-14(19)17(10(2)16-9)8-13(18)11-3-5-12(15)6-4-11/h3-7H,8H2,1-2H3. The van der Waals surface area contributed by atoms with Crippen LogP contribution in [0.5, 0.6) is 0 Å². The van der Waals surface area contributed by atoms with Gasteiger partial charge in [-0.2, -0.15) is 0 Å². The Kier molecular flexibility index (Phi) is 3.55. The second-order valence-electron chi connectivity index (χ2n) is 4.30. The summed E-state index contributed by atoms with van der Waals surface area (Å²) in [4.78, 5) is 27.9. The van der Waals surface area contributed by atoms with Crippen molar-refractivity contribution < 1.29 is 9.18 Å². The van der Waals surface area contributed by atoms with Gasteiger partial charge in [-0.25, -0.2) is 9.37 Å². The molecule has 1 aromatic heterocycles. The van der Waals surface area contributed by atoms with Crippen molar-refractivity contribution in [1.29, 1.82) is 0 Å². The normalized spacial score (nSPS) is 10.5. The van der Waals surface area contributed by atoms with E-state index in [1.165, 1.54) is 34.9 Å².